The summed E-state index contributed by atoms with van der Waals surface area (Å²) in [5, 5.41) is 9.05. The highest BCUT2D eigenvalue weighted by atomic mass is 19.1. The molecule has 4 aliphatic rings. The van der Waals surface area contributed by atoms with Crippen molar-refractivity contribution in [1.82, 2.24) is 9.80 Å². The predicted octanol–water partition coefficient (Wildman–Crippen LogP) is 2.85. The van der Waals surface area contributed by atoms with Crippen LogP contribution in [0.5, 0.6) is 0 Å². The lowest BCUT2D eigenvalue weighted by atomic mass is 9.85. The van der Waals surface area contributed by atoms with E-state index in [1.165, 1.54) is 6.07 Å². The molecule has 3 heterocycles. The maximum absolute atomic E-state index is 14.9. The first-order valence-corrected chi connectivity index (χ1v) is 9.31. The third-order valence-corrected chi connectivity index (χ3v) is 6.06. The molecule has 1 amide bonds. The summed E-state index contributed by atoms with van der Waals surface area (Å²) in [6.45, 7) is 3.50. The molecule has 1 saturated carbocycles. The molecule has 1 atom stereocenters. The molecular weight excluding hydrogens is 343 g/mol. The van der Waals surface area contributed by atoms with Crippen LogP contribution in [0.15, 0.2) is 41.2 Å². The Morgan fingerprint density at radius 3 is 2.85 bits per heavy atom. The Balaban J connectivity index is 1.73. The van der Waals surface area contributed by atoms with E-state index in [4.69, 9.17) is 5.26 Å². The van der Waals surface area contributed by atoms with Gasteiger partial charge in [-0.25, -0.2) is 4.39 Å². The van der Waals surface area contributed by atoms with Crippen LogP contribution < -0.4 is 0 Å². The lowest BCUT2D eigenvalue weighted by Gasteiger charge is -2.44. The molecule has 1 aromatic rings. The summed E-state index contributed by atoms with van der Waals surface area (Å²) < 4.78 is 14.9. The van der Waals surface area contributed by atoms with Crippen molar-refractivity contribution in [3.8, 4) is 6.07 Å². The number of carbonyl (C=O) groups excluding carboxylic acids is 1. The Morgan fingerprint density at radius 1 is 1.33 bits per heavy atom. The second kappa shape index (κ2) is 5.53. The van der Waals surface area contributed by atoms with Gasteiger partial charge in [0.1, 0.15) is 11.5 Å². The van der Waals surface area contributed by atoms with Gasteiger partial charge in [0.2, 0.25) is 0 Å². The maximum atomic E-state index is 14.9. The first kappa shape index (κ1) is 16.2. The molecule has 1 aromatic carbocycles. The van der Waals surface area contributed by atoms with E-state index in [9.17, 15) is 9.18 Å². The van der Waals surface area contributed by atoms with Gasteiger partial charge in [-0.1, -0.05) is 6.08 Å². The van der Waals surface area contributed by atoms with Crippen molar-refractivity contribution in [2.24, 2.45) is 4.99 Å². The SMILES string of the molecule is CC12CC=CN=C1C(c1ccc(C#N)cc1F)=C1C(=O)N(C3CC3)CCN12. The number of aliphatic imine (C=N–C) groups is 1. The number of nitriles is 1. The molecule has 3 aliphatic heterocycles. The molecule has 136 valence electrons. The van der Waals surface area contributed by atoms with Crippen LogP contribution in [0.2, 0.25) is 0 Å². The Kier molecular flexibility index (Phi) is 3.33. The van der Waals surface area contributed by atoms with Crippen molar-refractivity contribution in [1.29, 1.82) is 5.26 Å². The number of fused-ring (bicyclic) bond motifs is 3. The molecule has 27 heavy (non-hydrogen) atoms. The van der Waals surface area contributed by atoms with E-state index < -0.39 is 11.4 Å². The number of hydrogen-bond acceptors (Lipinski definition) is 4. The number of halogens is 1. The molecule has 0 bridgehead atoms. The number of piperazine rings is 1. The smallest absolute Gasteiger partial charge is 0.271 e. The lowest BCUT2D eigenvalue weighted by molar-refractivity contribution is -0.132. The summed E-state index contributed by atoms with van der Waals surface area (Å²) >= 11 is 0. The summed E-state index contributed by atoms with van der Waals surface area (Å²) in [5.74, 6) is -0.518. The fourth-order valence-electron chi connectivity index (χ4n) is 4.51. The van der Waals surface area contributed by atoms with Crippen LogP contribution in [0.1, 0.15) is 37.3 Å². The molecule has 5 nitrogen and oxygen atoms in total. The topological polar surface area (TPSA) is 59.7 Å². The average Bonchev–Trinajstić information content (AvgIpc) is 3.46. The van der Waals surface area contributed by atoms with Crippen molar-refractivity contribution in [3.05, 3.63) is 53.1 Å². The highest BCUT2D eigenvalue weighted by Gasteiger charge is 2.53. The van der Waals surface area contributed by atoms with Crippen LogP contribution in [0.25, 0.3) is 5.57 Å². The molecule has 5 rings (SSSR count). The minimum atomic E-state index is -0.491. The van der Waals surface area contributed by atoms with Crippen molar-refractivity contribution in [3.63, 3.8) is 0 Å². The van der Waals surface area contributed by atoms with Crippen LogP contribution in [-0.2, 0) is 4.79 Å². The molecule has 0 aromatic heterocycles. The predicted molar refractivity (Wildman–Crippen MR) is 99.1 cm³/mol. The number of carbonyl (C=O) groups is 1. The number of benzene rings is 1. The zero-order valence-corrected chi connectivity index (χ0v) is 15.1. The summed E-state index contributed by atoms with van der Waals surface area (Å²) in [6.07, 6.45) is 6.55. The molecule has 2 fully saturated rings. The van der Waals surface area contributed by atoms with Crippen molar-refractivity contribution in [2.45, 2.75) is 37.8 Å². The van der Waals surface area contributed by atoms with Crippen LogP contribution in [0, 0.1) is 17.1 Å². The molecule has 1 saturated heterocycles. The fourth-order valence-corrected chi connectivity index (χ4v) is 4.51. The molecule has 0 radical (unpaired) electrons. The highest BCUT2D eigenvalue weighted by molar-refractivity contribution is 6.35. The standard InChI is InChI=1S/C21H19FN4O/c1-21-7-2-8-24-19(21)17(15-6-3-13(12-23)11-16(15)22)18-20(27)25(14-4-5-14)9-10-26(18)21/h2-3,6,8,11,14H,4-5,7,9-10H2,1H3. The van der Waals surface area contributed by atoms with Crippen LogP contribution in [-0.4, -0.2) is 46.1 Å². The fraction of sp³-hybridized carbons (Fsp3) is 0.381. The Labute approximate surface area is 157 Å². The van der Waals surface area contributed by atoms with Crippen molar-refractivity contribution < 1.29 is 9.18 Å². The number of rotatable bonds is 2. The first-order chi connectivity index (χ1) is 13.0. The molecule has 1 unspecified atom stereocenters. The molecule has 0 spiro atoms. The first-order valence-electron chi connectivity index (χ1n) is 9.31. The van der Waals surface area contributed by atoms with Gasteiger partial charge in [0.25, 0.3) is 5.91 Å². The average molecular weight is 362 g/mol. The Hall–Kier alpha value is -2.94. The van der Waals surface area contributed by atoms with Gasteiger partial charge in [-0.3, -0.25) is 9.79 Å². The third-order valence-electron chi connectivity index (χ3n) is 6.06. The second-order valence-corrected chi connectivity index (χ2v) is 7.75. The summed E-state index contributed by atoms with van der Waals surface area (Å²) in [6, 6.07) is 6.70. The van der Waals surface area contributed by atoms with E-state index in [0.717, 1.165) is 31.5 Å². The minimum absolute atomic E-state index is 0.0270. The molecular formula is C21H19FN4O. The lowest BCUT2D eigenvalue weighted by Crippen LogP contribution is -2.56. The van der Waals surface area contributed by atoms with Gasteiger partial charge >= 0.3 is 0 Å². The van der Waals surface area contributed by atoms with Crippen LogP contribution in [0.4, 0.5) is 4.39 Å². The van der Waals surface area contributed by atoms with Gasteiger partial charge in [-0.05, 0) is 44.4 Å². The van der Waals surface area contributed by atoms with E-state index in [1.807, 2.05) is 17.0 Å². The number of hydrogen-bond donors (Lipinski definition) is 0. The zero-order chi connectivity index (χ0) is 18.8. The highest BCUT2D eigenvalue weighted by Crippen LogP contribution is 2.47. The van der Waals surface area contributed by atoms with Gasteiger partial charge in [0.05, 0.1) is 22.9 Å². The Morgan fingerprint density at radius 2 is 2.15 bits per heavy atom. The van der Waals surface area contributed by atoms with E-state index in [1.54, 1.807) is 18.3 Å². The van der Waals surface area contributed by atoms with Crippen molar-refractivity contribution >= 4 is 17.2 Å². The van der Waals surface area contributed by atoms with E-state index in [2.05, 4.69) is 16.8 Å². The van der Waals surface area contributed by atoms with Crippen LogP contribution in [0.3, 0.4) is 0 Å². The van der Waals surface area contributed by atoms with Crippen molar-refractivity contribution in [2.75, 3.05) is 13.1 Å². The van der Waals surface area contributed by atoms with Crippen LogP contribution >= 0.6 is 0 Å². The maximum Gasteiger partial charge on any atom is 0.271 e. The molecule has 0 N–H and O–H groups in total. The van der Waals surface area contributed by atoms with E-state index in [-0.39, 0.29) is 11.5 Å². The van der Waals surface area contributed by atoms with Gasteiger partial charge in [-0.2, -0.15) is 5.26 Å². The van der Waals surface area contributed by atoms with Gasteiger partial charge in [0, 0.05) is 36.5 Å². The largest absolute Gasteiger partial charge is 0.353 e. The number of amides is 1. The number of nitrogens with zero attached hydrogens (tertiary/aromatic N) is 4. The Bertz CT molecular complexity index is 998. The van der Waals surface area contributed by atoms with Gasteiger partial charge in [-0.15, -0.1) is 0 Å². The summed E-state index contributed by atoms with van der Waals surface area (Å²) in [5.41, 5.74) is 2.05. The summed E-state index contributed by atoms with van der Waals surface area (Å²) in [4.78, 5) is 22.0. The second-order valence-electron chi connectivity index (χ2n) is 7.75. The van der Waals surface area contributed by atoms with E-state index in [0.29, 0.717) is 29.4 Å². The van der Waals surface area contributed by atoms with Gasteiger partial charge in [0.15, 0.2) is 0 Å². The van der Waals surface area contributed by atoms with E-state index >= 15 is 0 Å². The molecule has 6 heteroatoms. The zero-order valence-electron chi connectivity index (χ0n) is 15.1. The van der Waals surface area contributed by atoms with Gasteiger partial charge < -0.3 is 9.80 Å². The molecule has 1 aliphatic carbocycles. The normalized spacial score (nSPS) is 26.7. The quantitative estimate of drug-likeness (QED) is 0.813. The summed E-state index contributed by atoms with van der Waals surface area (Å²) in [7, 11) is 0. The monoisotopic (exact) mass is 362 g/mol. The minimum Gasteiger partial charge on any atom is -0.353 e. The third kappa shape index (κ3) is 2.21.